The van der Waals surface area contributed by atoms with Gasteiger partial charge >= 0.3 is 0 Å². The van der Waals surface area contributed by atoms with Crippen molar-refractivity contribution in [3.63, 3.8) is 0 Å². The molecular formula is C19H33NO. The van der Waals surface area contributed by atoms with Gasteiger partial charge in [0.2, 0.25) is 0 Å². The monoisotopic (exact) mass is 291 g/mol. The second-order valence-electron chi connectivity index (χ2n) is 6.28. The van der Waals surface area contributed by atoms with E-state index in [0.717, 1.165) is 26.0 Å². The maximum Gasteiger partial charge on any atom is 0.0845 e. The first-order chi connectivity index (χ1) is 9.89. The van der Waals surface area contributed by atoms with Crippen LogP contribution in [0.5, 0.6) is 0 Å². The van der Waals surface area contributed by atoms with Crippen LogP contribution in [0.4, 0.5) is 0 Å². The highest BCUT2D eigenvalue weighted by atomic mass is 16.5. The van der Waals surface area contributed by atoms with Crippen molar-refractivity contribution in [2.75, 3.05) is 13.2 Å². The first kappa shape index (κ1) is 18.2. The van der Waals surface area contributed by atoms with Crippen LogP contribution >= 0.6 is 0 Å². The molecule has 0 aliphatic rings. The molecule has 0 heterocycles. The molecule has 2 atom stereocenters. The molecule has 0 saturated heterocycles. The van der Waals surface area contributed by atoms with Crippen molar-refractivity contribution >= 4 is 0 Å². The molecule has 0 radical (unpaired) electrons. The Labute approximate surface area is 131 Å². The Morgan fingerprint density at radius 2 is 1.67 bits per heavy atom. The third kappa shape index (κ3) is 4.31. The van der Waals surface area contributed by atoms with E-state index in [1.807, 2.05) is 0 Å². The van der Waals surface area contributed by atoms with Crippen molar-refractivity contribution in [1.29, 1.82) is 0 Å². The first-order valence-corrected chi connectivity index (χ1v) is 8.34. The molecule has 1 N–H and O–H groups in total. The second kappa shape index (κ2) is 7.95. The highest BCUT2D eigenvalue weighted by molar-refractivity contribution is 5.39. The third-order valence-electron chi connectivity index (χ3n) is 4.58. The minimum absolute atomic E-state index is 0.170. The molecule has 0 aliphatic carbocycles. The number of hydrogen-bond donors (Lipinski definition) is 1. The molecule has 120 valence electrons. The summed E-state index contributed by atoms with van der Waals surface area (Å²) in [6.07, 6.45) is 2.13. The predicted molar refractivity (Wildman–Crippen MR) is 92.0 cm³/mol. The highest BCUT2D eigenvalue weighted by Gasteiger charge is 2.35. The van der Waals surface area contributed by atoms with Crippen molar-refractivity contribution in [2.45, 2.75) is 73.0 Å². The predicted octanol–water partition coefficient (Wildman–Crippen LogP) is 4.86. The fourth-order valence-electron chi connectivity index (χ4n) is 2.96. The summed E-state index contributed by atoms with van der Waals surface area (Å²) in [4.78, 5) is 0. The van der Waals surface area contributed by atoms with E-state index in [-0.39, 0.29) is 11.6 Å². The Morgan fingerprint density at radius 3 is 2.19 bits per heavy atom. The molecule has 2 unspecified atom stereocenters. The minimum atomic E-state index is -0.170. The molecule has 2 heteroatoms. The van der Waals surface area contributed by atoms with Crippen molar-refractivity contribution in [3.05, 3.63) is 34.4 Å². The topological polar surface area (TPSA) is 21.3 Å². The molecule has 0 spiro atoms. The highest BCUT2D eigenvalue weighted by Crippen LogP contribution is 2.35. The van der Waals surface area contributed by atoms with Crippen molar-refractivity contribution in [1.82, 2.24) is 5.32 Å². The van der Waals surface area contributed by atoms with Crippen LogP contribution in [-0.2, 0) is 4.74 Å². The van der Waals surface area contributed by atoms with E-state index in [0.29, 0.717) is 0 Å². The van der Waals surface area contributed by atoms with E-state index in [1.54, 1.807) is 0 Å². The Morgan fingerprint density at radius 1 is 1.05 bits per heavy atom. The fourth-order valence-corrected chi connectivity index (χ4v) is 2.96. The molecular weight excluding hydrogens is 258 g/mol. The van der Waals surface area contributed by atoms with Crippen LogP contribution in [0.3, 0.4) is 0 Å². The van der Waals surface area contributed by atoms with Crippen LogP contribution < -0.4 is 5.32 Å². The summed E-state index contributed by atoms with van der Waals surface area (Å²) >= 11 is 0. The normalized spacial score (nSPS) is 15.8. The van der Waals surface area contributed by atoms with E-state index < -0.39 is 0 Å². The maximum atomic E-state index is 6.15. The van der Waals surface area contributed by atoms with Crippen LogP contribution in [0.25, 0.3) is 0 Å². The van der Waals surface area contributed by atoms with E-state index in [2.05, 4.69) is 65.9 Å². The van der Waals surface area contributed by atoms with Gasteiger partial charge in [-0.15, -0.1) is 0 Å². The summed E-state index contributed by atoms with van der Waals surface area (Å²) < 4.78 is 6.15. The third-order valence-corrected chi connectivity index (χ3v) is 4.58. The van der Waals surface area contributed by atoms with Gasteiger partial charge in [0.25, 0.3) is 0 Å². The molecule has 0 bridgehead atoms. The zero-order chi connectivity index (χ0) is 16.0. The van der Waals surface area contributed by atoms with Gasteiger partial charge in [-0.1, -0.05) is 26.0 Å². The number of ether oxygens (including phenoxy) is 1. The zero-order valence-electron chi connectivity index (χ0n) is 15.0. The number of hydrogen-bond acceptors (Lipinski definition) is 2. The quantitative estimate of drug-likeness (QED) is 0.738. The van der Waals surface area contributed by atoms with Gasteiger partial charge in [-0.2, -0.15) is 0 Å². The molecule has 1 rings (SSSR count). The first-order valence-electron chi connectivity index (χ1n) is 8.34. The van der Waals surface area contributed by atoms with Crippen LogP contribution in [0.15, 0.2) is 12.1 Å². The van der Waals surface area contributed by atoms with E-state index in [1.165, 1.54) is 22.3 Å². The molecule has 1 aromatic carbocycles. The summed E-state index contributed by atoms with van der Waals surface area (Å²) in [7, 11) is 0. The minimum Gasteiger partial charge on any atom is -0.374 e. The van der Waals surface area contributed by atoms with Gasteiger partial charge in [-0.3, -0.25) is 0 Å². The van der Waals surface area contributed by atoms with Crippen LogP contribution in [0, 0.1) is 20.8 Å². The van der Waals surface area contributed by atoms with Crippen LogP contribution in [-0.4, -0.2) is 18.8 Å². The molecule has 2 nitrogen and oxygen atoms in total. The average molecular weight is 291 g/mol. The van der Waals surface area contributed by atoms with Gasteiger partial charge in [0.1, 0.15) is 0 Å². The summed E-state index contributed by atoms with van der Waals surface area (Å²) in [5.74, 6) is 0. The summed E-state index contributed by atoms with van der Waals surface area (Å²) in [5, 5.41) is 3.72. The van der Waals surface area contributed by atoms with Gasteiger partial charge in [-0.25, -0.2) is 0 Å². The standard InChI is InChI=1S/C19H33NO/c1-8-11-20-18(19(7,9-2)21-10-3)17-13-15(5)14(4)12-16(17)6/h12-13,18,20H,8-11H2,1-7H3. The van der Waals surface area contributed by atoms with Gasteiger partial charge in [0, 0.05) is 6.61 Å². The summed E-state index contributed by atoms with van der Waals surface area (Å²) in [6, 6.07) is 4.87. The average Bonchev–Trinajstić information content (AvgIpc) is 2.44. The molecule has 1 aromatic rings. The maximum absolute atomic E-state index is 6.15. The summed E-state index contributed by atoms with van der Waals surface area (Å²) in [5.41, 5.74) is 5.28. The second-order valence-corrected chi connectivity index (χ2v) is 6.28. The smallest absolute Gasteiger partial charge is 0.0845 e. The number of benzene rings is 1. The molecule has 0 aliphatic heterocycles. The van der Waals surface area contributed by atoms with E-state index in [4.69, 9.17) is 4.74 Å². The van der Waals surface area contributed by atoms with Crippen LogP contribution in [0.1, 0.15) is 68.8 Å². The Balaban J connectivity index is 3.27. The SMILES string of the molecule is CCCNC(c1cc(C)c(C)cc1C)C(C)(CC)OCC. The lowest BCUT2D eigenvalue weighted by molar-refractivity contribution is -0.0564. The lowest BCUT2D eigenvalue weighted by Crippen LogP contribution is -2.44. The van der Waals surface area contributed by atoms with E-state index >= 15 is 0 Å². The lowest BCUT2D eigenvalue weighted by Gasteiger charge is -2.39. The molecule has 0 saturated carbocycles. The fraction of sp³-hybridized carbons (Fsp3) is 0.684. The number of nitrogens with one attached hydrogen (secondary N) is 1. The lowest BCUT2D eigenvalue weighted by atomic mass is 9.84. The molecule has 0 aromatic heterocycles. The van der Waals surface area contributed by atoms with E-state index in [9.17, 15) is 0 Å². The van der Waals surface area contributed by atoms with Crippen molar-refractivity contribution in [2.24, 2.45) is 0 Å². The largest absolute Gasteiger partial charge is 0.374 e. The van der Waals surface area contributed by atoms with Gasteiger partial charge in [0.15, 0.2) is 0 Å². The Hall–Kier alpha value is -0.860. The van der Waals surface area contributed by atoms with Gasteiger partial charge < -0.3 is 10.1 Å². The molecule has 0 fully saturated rings. The van der Waals surface area contributed by atoms with Crippen LogP contribution in [0.2, 0.25) is 0 Å². The molecule has 0 amide bonds. The van der Waals surface area contributed by atoms with Crippen molar-refractivity contribution in [3.8, 4) is 0 Å². The Kier molecular flexibility index (Phi) is 6.89. The Bertz CT molecular complexity index is 455. The summed E-state index contributed by atoms with van der Waals surface area (Å²) in [6.45, 7) is 17.1. The van der Waals surface area contributed by atoms with Crippen molar-refractivity contribution < 1.29 is 4.74 Å². The number of aryl methyl sites for hydroxylation is 3. The van der Waals surface area contributed by atoms with Gasteiger partial charge in [-0.05, 0) is 76.3 Å². The molecule has 21 heavy (non-hydrogen) atoms. The number of rotatable bonds is 8. The zero-order valence-corrected chi connectivity index (χ0v) is 15.0. The van der Waals surface area contributed by atoms with Gasteiger partial charge in [0.05, 0.1) is 11.6 Å².